The van der Waals surface area contributed by atoms with Gasteiger partial charge in [-0.25, -0.2) is 0 Å². The van der Waals surface area contributed by atoms with Crippen LogP contribution < -0.4 is 10.6 Å². The third kappa shape index (κ3) is 2.12. The molecule has 1 unspecified atom stereocenters. The van der Waals surface area contributed by atoms with Gasteiger partial charge in [-0.2, -0.15) is 0 Å². The zero-order valence-corrected chi connectivity index (χ0v) is 12.4. The lowest BCUT2D eigenvalue weighted by molar-refractivity contribution is 0.757. The average molecular weight is 283 g/mol. The second kappa shape index (κ2) is 5.13. The first-order valence-corrected chi connectivity index (χ1v) is 7.45. The van der Waals surface area contributed by atoms with Crippen molar-refractivity contribution in [2.45, 2.75) is 13.0 Å². The Morgan fingerprint density at radius 1 is 1.20 bits per heavy atom. The standard InChI is InChI=1S/C16H17N3S/c1-11(16-4-3-9-20-16)19(2)15-6-5-14(17)12-7-8-18-10-13(12)15/h3-11H,17H2,1-2H3. The first-order chi connectivity index (χ1) is 9.68. The normalized spacial score (nSPS) is 12.5. The molecule has 102 valence electrons. The van der Waals surface area contributed by atoms with E-state index in [-0.39, 0.29) is 0 Å². The van der Waals surface area contributed by atoms with Gasteiger partial charge in [0, 0.05) is 46.5 Å². The summed E-state index contributed by atoms with van der Waals surface area (Å²) in [5.74, 6) is 0. The average Bonchev–Trinajstić information content (AvgIpc) is 3.01. The van der Waals surface area contributed by atoms with Gasteiger partial charge in [-0.15, -0.1) is 11.3 Å². The summed E-state index contributed by atoms with van der Waals surface area (Å²) >= 11 is 1.78. The highest BCUT2D eigenvalue weighted by Crippen LogP contribution is 2.34. The monoisotopic (exact) mass is 283 g/mol. The molecule has 0 bridgehead atoms. The molecule has 0 aliphatic heterocycles. The molecule has 3 aromatic rings. The molecule has 2 aromatic heterocycles. The second-order valence-electron chi connectivity index (χ2n) is 4.90. The van der Waals surface area contributed by atoms with E-state index >= 15 is 0 Å². The molecule has 20 heavy (non-hydrogen) atoms. The van der Waals surface area contributed by atoms with Gasteiger partial charge in [-0.1, -0.05) is 6.07 Å². The van der Waals surface area contributed by atoms with Gasteiger partial charge < -0.3 is 10.6 Å². The Hall–Kier alpha value is -2.07. The van der Waals surface area contributed by atoms with Crippen LogP contribution in [0.25, 0.3) is 10.8 Å². The maximum Gasteiger partial charge on any atom is 0.0603 e. The lowest BCUT2D eigenvalue weighted by Gasteiger charge is -2.27. The van der Waals surface area contributed by atoms with E-state index in [0.29, 0.717) is 6.04 Å². The molecule has 0 aliphatic rings. The van der Waals surface area contributed by atoms with Gasteiger partial charge in [0.15, 0.2) is 0 Å². The molecular formula is C16H17N3S. The van der Waals surface area contributed by atoms with E-state index < -0.39 is 0 Å². The van der Waals surface area contributed by atoms with Gasteiger partial charge >= 0.3 is 0 Å². The highest BCUT2D eigenvalue weighted by atomic mass is 32.1. The maximum absolute atomic E-state index is 6.05. The number of nitrogens with zero attached hydrogens (tertiary/aromatic N) is 2. The Morgan fingerprint density at radius 2 is 2.05 bits per heavy atom. The number of thiophene rings is 1. The third-order valence-corrected chi connectivity index (χ3v) is 4.79. The van der Waals surface area contributed by atoms with Crippen LogP contribution in [0, 0.1) is 0 Å². The van der Waals surface area contributed by atoms with Crippen molar-refractivity contribution < 1.29 is 0 Å². The fraction of sp³-hybridized carbons (Fsp3) is 0.188. The third-order valence-electron chi connectivity index (χ3n) is 3.74. The largest absolute Gasteiger partial charge is 0.398 e. The first kappa shape index (κ1) is 12.9. The van der Waals surface area contributed by atoms with Crippen molar-refractivity contribution in [2.24, 2.45) is 0 Å². The van der Waals surface area contributed by atoms with E-state index in [2.05, 4.69) is 47.4 Å². The van der Waals surface area contributed by atoms with Crippen molar-refractivity contribution in [3.63, 3.8) is 0 Å². The molecule has 0 radical (unpaired) electrons. The second-order valence-corrected chi connectivity index (χ2v) is 5.88. The molecule has 4 heteroatoms. The minimum Gasteiger partial charge on any atom is -0.398 e. The molecule has 3 rings (SSSR count). The highest BCUT2D eigenvalue weighted by Gasteiger charge is 2.16. The van der Waals surface area contributed by atoms with Gasteiger partial charge in [0.25, 0.3) is 0 Å². The smallest absolute Gasteiger partial charge is 0.0603 e. The summed E-state index contributed by atoms with van der Waals surface area (Å²) in [5, 5.41) is 4.27. The molecule has 0 spiro atoms. The van der Waals surface area contributed by atoms with Gasteiger partial charge in [0.1, 0.15) is 0 Å². The summed E-state index contributed by atoms with van der Waals surface area (Å²) in [4.78, 5) is 7.86. The van der Waals surface area contributed by atoms with Crippen LogP contribution in [-0.4, -0.2) is 12.0 Å². The summed E-state index contributed by atoms with van der Waals surface area (Å²) in [7, 11) is 2.11. The number of hydrogen-bond acceptors (Lipinski definition) is 4. The van der Waals surface area contributed by atoms with Crippen molar-refractivity contribution in [1.29, 1.82) is 0 Å². The molecule has 2 heterocycles. The topological polar surface area (TPSA) is 42.1 Å². The summed E-state index contributed by atoms with van der Waals surface area (Å²) in [6.07, 6.45) is 3.67. The van der Waals surface area contributed by atoms with Gasteiger partial charge in [0.2, 0.25) is 0 Å². The number of nitrogen functional groups attached to an aromatic ring is 1. The Bertz CT molecular complexity index is 722. The fourth-order valence-corrected chi connectivity index (χ4v) is 3.26. The molecule has 0 aliphatic carbocycles. The molecule has 1 aromatic carbocycles. The van der Waals surface area contributed by atoms with Crippen molar-refractivity contribution in [3.8, 4) is 0 Å². The van der Waals surface area contributed by atoms with E-state index in [1.54, 1.807) is 17.5 Å². The van der Waals surface area contributed by atoms with Gasteiger partial charge in [-0.05, 0) is 36.6 Å². The lowest BCUT2D eigenvalue weighted by Crippen LogP contribution is -2.21. The van der Waals surface area contributed by atoms with E-state index in [1.165, 1.54) is 4.88 Å². The Balaban J connectivity index is 2.08. The van der Waals surface area contributed by atoms with Crippen molar-refractivity contribution >= 4 is 33.5 Å². The minimum absolute atomic E-state index is 0.321. The zero-order valence-electron chi connectivity index (χ0n) is 11.6. The van der Waals surface area contributed by atoms with E-state index in [4.69, 9.17) is 5.73 Å². The fourth-order valence-electron chi connectivity index (χ4n) is 2.43. The summed E-state index contributed by atoms with van der Waals surface area (Å²) in [5.41, 5.74) is 8.00. The molecular weight excluding hydrogens is 266 g/mol. The number of anilines is 2. The van der Waals surface area contributed by atoms with E-state index in [0.717, 1.165) is 22.1 Å². The van der Waals surface area contributed by atoms with Crippen LogP contribution in [0.15, 0.2) is 48.1 Å². The molecule has 0 amide bonds. The molecule has 0 fully saturated rings. The van der Waals surface area contributed by atoms with Crippen LogP contribution >= 0.6 is 11.3 Å². The lowest BCUT2D eigenvalue weighted by atomic mass is 10.1. The molecule has 1 atom stereocenters. The highest BCUT2D eigenvalue weighted by molar-refractivity contribution is 7.10. The number of pyridine rings is 1. The first-order valence-electron chi connectivity index (χ1n) is 6.57. The number of rotatable bonds is 3. The predicted molar refractivity (Wildman–Crippen MR) is 87.3 cm³/mol. The van der Waals surface area contributed by atoms with Crippen LogP contribution in [-0.2, 0) is 0 Å². The van der Waals surface area contributed by atoms with Crippen molar-refractivity contribution in [3.05, 3.63) is 53.0 Å². The number of benzene rings is 1. The van der Waals surface area contributed by atoms with Crippen LogP contribution in [0.4, 0.5) is 11.4 Å². The van der Waals surface area contributed by atoms with Gasteiger partial charge in [0.05, 0.1) is 6.04 Å². The number of fused-ring (bicyclic) bond motifs is 1. The molecule has 0 saturated heterocycles. The van der Waals surface area contributed by atoms with Crippen LogP contribution in [0.5, 0.6) is 0 Å². The summed E-state index contributed by atoms with van der Waals surface area (Å²) in [6, 6.07) is 10.6. The number of nitrogens with two attached hydrogens (primary N) is 1. The van der Waals surface area contributed by atoms with Crippen molar-refractivity contribution in [1.82, 2.24) is 4.98 Å². The predicted octanol–water partition coefficient (Wildman–Crippen LogP) is 4.08. The van der Waals surface area contributed by atoms with Crippen LogP contribution in [0.2, 0.25) is 0 Å². The van der Waals surface area contributed by atoms with Gasteiger partial charge in [-0.3, -0.25) is 4.98 Å². The Kier molecular flexibility index (Phi) is 3.32. The van der Waals surface area contributed by atoms with E-state index in [9.17, 15) is 0 Å². The quantitative estimate of drug-likeness (QED) is 0.737. The zero-order chi connectivity index (χ0) is 14.1. The Labute approximate surface area is 122 Å². The summed E-state index contributed by atoms with van der Waals surface area (Å²) in [6.45, 7) is 2.21. The van der Waals surface area contributed by atoms with Crippen LogP contribution in [0.3, 0.4) is 0 Å². The minimum atomic E-state index is 0.321. The van der Waals surface area contributed by atoms with E-state index in [1.807, 2.05) is 18.3 Å². The Morgan fingerprint density at radius 3 is 2.80 bits per heavy atom. The number of hydrogen-bond donors (Lipinski definition) is 1. The molecule has 0 saturated carbocycles. The van der Waals surface area contributed by atoms with Crippen LogP contribution in [0.1, 0.15) is 17.8 Å². The number of aromatic nitrogens is 1. The SMILES string of the molecule is CC(c1cccs1)N(C)c1ccc(N)c2ccncc12. The molecule has 2 N–H and O–H groups in total. The molecule has 3 nitrogen and oxygen atoms in total. The summed E-state index contributed by atoms with van der Waals surface area (Å²) < 4.78 is 0. The maximum atomic E-state index is 6.05. The van der Waals surface area contributed by atoms with Crippen molar-refractivity contribution in [2.75, 3.05) is 17.7 Å².